The van der Waals surface area contributed by atoms with E-state index in [4.69, 9.17) is 6.42 Å². The Morgan fingerprint density at radius 1 is 1.40 bits per heavy atom. The maximum absolute atomic E-state index is 13.0. The van der Waals surface area contributed by atoms with Gasteiger partial charge in [-0.3, -0.25) is 14.3 Å². The number of pyridine rings is 1. The molecule has 1 N–H and O–H groups in total. The third kappa shape index (κ3) is 5.22. The molecule has 0 aliphatic heterocycles. The first-order chi connectivity index (χ1) is 11.8. The van der Waals surface area contributed by atoms with Crippen LogP contribution in [0, 0.1) is 12.3 Å². The van der Waals surface area contributed by atoms with Gasteiger partial charge in [0.05, 0.1) is 11.8 Å². The quantitative estimate of drug-likeness (QED) is 0.624. The van der Waals surface area contributed by atoms with Crippen molar-refractivity contribution in [1.29, 1.82) is 0 Å². The lowest BCUT2D eigenvalue weighted by Gasteiger charge is -2.14. The molecule has 2 aromatic heterocycles. The molecule has 25 heavy (non-hydrogen) atoms. The van der Waals surface area contributed by atoms with Crippen molar-refractivity contribution < 1.29 is 18.0 Å². The SMILES string of the molecule is C#CCNC(=O)[C@@H](C)Sc1nnc(-c2ccncc2)n1CC(F)(F)F. The van der Waals surface area contributed by atoms with Gasteiger partial charge in [0.15, 0.2) is 11.0 Å². The van der Waals surface area contributed by atoms with Crippen LogP contribution in [0.25, 0.3) is 11.4 Å². The zero-order valence-corrected chi connectivity index (χ0v) is 13.9. The maximum Gasteiger partial charge on any atom is 0.406 e. The molecule has 1 atom stereocenters. The van der Waals surface area contributed by atoms with Gasteiger partial charge in [0.25, 0.3) is 0 Å². The fourth-order valence-electron chi connectivity index (χ4n) is 1.91. The van der Waals surface area contributed by atoms with E-state index < -0.39 is 23.9 Å². The molecule has 10 heteroatoms. The summed E-state index contributed by atoms with van der Waals surface area (Å²) in [7, 11) is 0. The van der Waals surface area contributed by atoms with Crippen molar-refractivity contribution in [3.8, 4) is 23.7 Å². The molecule has 0 radical (unpaired) electrons. The van der Waals surface area contributed by atoms with E-state index >= 15 is 0 Å². The molecule has 0 saturated heterocycles. The van der Waals surface area contributed by atoms with Gasteiger partial charge < -0.3 is 5.32 Å². The van der Waals surface area contributed by atoms with Crippen LogP contribution < -0.4 is 5.32 Å². The van der Waals surface area contributed by atoms with Crippen LogP contribution in [0.5, 0.6) is 0 Å². The molecule has 0 unspecified atom stereocenters. The number of terminal acetylenes is 1. The Balaban J connectivity index is 2.30. The monoisotopic (exact) mass is 369 g/mol. The van der Waals surface area contributed by atoms with Crippen LogP contribution in [-0.2, 0) is 11.3 Å². The van der Waals surface area contributed by atoms with Crippen LogP contribution in [-0.4, -0.2) is 43.6 Å². The number of nitrogens with one attached hydrogen (secondary N) is 1. The summed E-state index contributed by atoms with van der Waals surface area (Å²) in [6.07, 6.45) is 3.50. The first-order valence-corrected chi connectivity index (χ1v) is 7.98. The lowest BCUT2D eigenvalue weighted by molar-refractivity contribution is -0.141. The number of carbonyl (C=O) groups is 1. The van der Waals surface area contributed by atoms with Gasteiger partial charge in [-0.1, -0.05) is 17.7 Å². The zero-order valence-electron chi connectivity index (χ0n) is 13.1. The summed E-state index contributed by atoms with van der Waals surface area (Å²) in [5, 5.41) is 9.44. The molecule has 132 valence electrons. The van der Waals surface area contributed by atoms with Crippen LogP contribution >= 0.6 is 11.8 Å². The van der Waals surface area contributed by atoms with Gasteiger partial charge in [-0.05, 0) is 19.1 Å². The molecule has 0 bridgehead atoms. The second-order valence-corrected chi connectivity index (χ2v) is 6.23. The molecule has 2 rings (SSSR count). The predicted octanol–water partition coefficient (Wildman–Crippen LogP) is 2.13. The number of nitrogens with zero attached hydrogens (tertiary/aromatic N) is 4. The van der Waals surface area contributed by atoms with Gasteiger partial charge in [0.1, 0.15) is 6.54 Å². The number of hydrogen-bond acceptors (Lipinski definition) is 5. The van der Waals surface area contributed by atoms with Crippen LogP contribution in [0.15, 0.2) is 29.7 Å². The van der Waals surface area contributed by atoms with E-state index in [0.29, 0.717) is 5.56 Å². The summed E-state index contributed by atoms with van der Waals surface area (Å²) in [6, 6.07) is 3.07. The van der Waals surface area contributed by atoms with E-state index in [1.165, 1.54) is 24.5 Å². The standard InChI is InChI=1S/C15H14F3N5OS/c1-3-6-20-13(24)10(2)25-14-22-21-12(11-4-7-19-8-5-11)23(14)9-15(16,17)18/h1,4-5,7-8,10H,6,9H2,2H3,(H,20,24)/t10-/m1/s1. The van der Waals surface area contributed by atoms with Gasteiger partial charge in [-0.15, -0.1) is 16.6 Å². The highest BCUT2D eigenvalue weighted by Crippen LogP contribution is 2.30. The van der Waals surface area contributed by atoms with E-state index in [0.717, 1.165) is 16.3 Å². The van der Waals surface area contributed by atoms with Crippen LogP contribution in [0.1, 0.15) is 6.92 Å². The predicted molar refractivity (Wildman–Crippen MR) is 86.5 cm³/mol. The molecule has 6 nitrogen and oxygen atoms in total. The summed E-state index contributed by atoms with van der Waals surface area (Å²) >= 11 is 0.878. The van der Waals surface area contributed by atoms with E-state index in [9.17, 15) is 18.0 Å². The Bertz CT molecular complexity index is 770. The molecule has 0 spiro atoms. The largest absolute Gasteiger partial charge is 0.406 e. The Morgan fingerprint density at radius 2 is 2.08 bits per heavy atom. The normalized spacial score (nSPS) is 12.4. The number of carbonyl (C=O) groups excluding carboxylic acids is 1. The topological polar surface area (TPSA) is 72.7 Å². The second kappa shape index (κ2) is 8.02. The van der Waals surface area contributed by atoms with Crippen molar-refractivity contribution in [3.05, 3.63) is 24.5 Å². The molecular weight excluding hydrogens is 355 g/mol. The highest BCUT2D eigenvalue weighted by atomic mass is 32.2. The molecule has 0 aliphatic rings. The highest BCUT2D eigenvalue weighted by Gasteiger charge is 2.32. The third-order valence-corrected chi connectivity index (χ3v) is 4.09. The molecule has 1 amide bonds. The van der Waals surface area contributed by atoms with Crippen molar-refractivity contribution in [3.63, 3.8) is 0 Å². The van der Waals surface area contributed by atoms with Gasteiger partial charge in [0.2, 0.25) is 5.91 Å². The summed E-state index contributed by atoms with van der Waals surface area (Å²) < 4.78 is 39.8. The molecule has 0 fully saturated rings. The minimum absolute atomic E-state index is 0.00695. The first kappa shape index (κ1) is 18.8. The molecule has 0 saturated carbocycles. The Kier molecular flexibility index (Phi) is 6.03. The second-order valence-electron chi connectivity index (χ2n) is 4.93. The Morgan fingerprint density at radius 3 is 2.68 bits per heavy atom. The van der Waals surface area contributed by atoms with E-state index in [-0.39, 0.29) is 17.5 Å². The number of rotatable bonds is 6. The number of alkyl halides is 3. The highest BCUT2D eigenvalue weighted by molar-refractivity contribution is 8.00. The number of halogens is 3. The Hall–Kier alpha value is -2.54. The summed E-state index contributed by atoms with van der Waals surface area (Å²) in [6.45, 7) is 0.329. The summed E-state index contributed by atoms with van der Waals surface area (Å²) in [5.41, 5.74) is 0.447. The first-order valence-electron chi connectivity index (χ1n) is 7.10. The van der Waals surface area contributed by atoms with Crippen molar-refractivity contribution in [2.45, 2.75) is 30.1 Å². The lowest BCUT2D eigenvalue weighted by Crippen LogP contribution is -2.31. The minimum atomic E-state index is -4.46. The molecule has 0 aromatic carbocycles. The van der Waals surface area contributed by atoms with Crippen molar-refractivity contribution >= 4 is 17.7 Å². The number of hydrogen-bond donors (Lipinski definition) is 1. The number of thioether (sulfide) groups is 1. The Labute approximate surface area is 146 Å². The van der Waals surface area contributed by atoms with E-state index in [1.807, 2.05) is 0 Å². The van der Waals surface area contributed by atoms with Crippen LogP contribution in [0.3, 0.4) is 0 Å². The zero-order chi connectivity index (χ0) is 18.4. The van der Waals surface area contributed by atoms with Crippen molar-refractivity contribution in [2.24, 2.45) is 0 Å². The fourth-order valence-corrected chi connectivity index (χ4v) is 2.78. The van der Waals surface area contributed by atoms with E-state index in [2.05, 4.69) is 26.4 Å². The average Bonchev–Trinajstić information content (AvgIpc) is 2.94. The van der Waals surface area contributed by atoms with Gasteiger partial charge in [-0.25, -0.2) is 0 Å². The number of amides is 1. The van der Waals surface area contributed by atoms with E-state index in [1.54, 1.807) is 6.92 Å². The average molecular weight is 369 g/mol. The molecule has 2 aromatic rings. The molecular formula is C15H14F3N5OS. The van der Waals surface area contributed by atoms with Crippen molar-refractivity contribution in [2.75, 3.05) is 6.54 Å². The lowest BCUT2D eigenvalue weighted by atomic mass is 10.2. The summed E-state index contributed by atoms with van der Waals surface area (Å²) in [4.78, 5) is 15.7. The van der Waals surface area contributed by atoms with Crippen LogP contribution in [0.2, 0.25) is 0 Å². The number of aromatic nitrogens is 4. The fraction of sp³-hybridized carbons (Fsp3) is 0.333. The minimum Gasteiger partial charge on any atom is -0.344 e. The summed E-state index contributed by atoms with van der Waals surface area (Å²) in [5.74, 6) is 1.92. The van der Waals surface area contributed by atoms with Gasteiger partial charge in [0, 0.05) is 18.0 Å². The molecule has 0 aliphatic carbocycles. The molecule has 2 heterocycles. The van der Waals surface area contributed by atoms with Crippen molar-refractivity contribution in [1.82, 2.24) is 25.1 Å². The third-order valence-electron chi connectivity index (χ3n) is 3.01. The smallest absolute Gasteiger partial charge is 0.344 e. The van der Waals surface area contributed by atoms with Crippen LogP contribution in [0.4, 0.5) is 13.2 Å². The van der Waals surface area contributed by atoms with Gasteiger partial charge >= 0.3 is 6.18 Å². The maximum atomic E-state index is 13.0. The van der Waals surface area contributed by atoms with Gasteiger partial charge in [-0.2, -0.15) is 13.2 Å².